The van der Waals surface area contributed by atoms with Crippen molar-refractivity contribution in [2.75, 3.05) is 13.1 Å². The number of hydrogen-bond donors (Lipinski definition) is 0. The molecule has 1 aliphatic rings. The number of piperidine rings is 1. The van der Waals surface area contributed by atoms with Gasteiger partial charge in [-0.2, -0.15) is 4.98 Å². The molecule has 0 N–H and O–H groups in total. The first-order chi connectivity index (χ1) is 14.2. The summed E-state index contributed by atoms with van der Waals surface area (Å²) in [6.07, 6.45) is 3.67. The fourth-order valence-corrected chi connectivity index (χ4v) is 4.48. The maximum atomic E-state index is 13.5. The minimum absolute atomic E-state index is 0.0588. The molecule has 0 radical (unpaired) electrons. The number of halogens is 1. The topological polar surface area (TPSA) is 76.5 Å². The van der Waals surface area contributed by atoms with Crippen LogP contribution in [0.1, 0.15) is 30.3 Å². The van der Waals surface area contributed by atoms with E-state index in [1.54, 1.807) is 28.8 Å². The predicted octanol–water partition coefficient (Wildman–Crippen LogP) is 3.32. The highest BCUT2D eigenvalue weighted by Crippen LogP contribution is 2.28. The van der Waals surface area contributed by atoms with Crippen LogP contribution in [0, 0.1) is 5.82 Å². The van der Waals surface area contributed by atoms with Gasteiger partial charge in [0.25, 0.3) is 5.56 Å². The predicted molar refractivity (Wildman–Crippen MR) is 106 cm³/mol. The van der Waals surface area contributed by atoms with Crippen LogP contribution in [0.5, 0.6) is 0 Å². The molecule has 0 bridgehead atoms. The Bertz CT molecular complexity index is 1220. The molecule has 9 heteroatoms. The van der Waals surface area contributed by atoms with Crippen LogP contribution in [-0.2, 0) is 6.54 Å². The number of likely N-dealkylation sites (tertiary alicyclic amines) is 1. The van der Waals surface area contributed by atoms with E-state index < -0.39 is 0 Å². The van der Waals surface area contributed by atoms with E-state index in [1.807, 2.05) is 5.38 Å². The first-order valence-electron chi connectivity index (χ1n) is 9.43. The van der Waals surface area contributed by atoms with E-state index in [-0.39, 0.29) is 17.3 Å². The Morgan fingerprint density at radius 2 is 2.21 bits per heavy atom. The summed E-state index contributed by atoms with van der Waals surface area (Å²) >= 11 is 1.45. The van der Waals surface area contributed by atoms with Gasteiger partial charge in [-0.25, -0.2) is 9.37 Å². The second-order valence-corrected chi connectivity index (χ2v) is 8.06. The van der Waals surface area contributed by atoms with Crippen molar-refractivity contribution in [1.29, 1.82) is 0 Å². The molecule has 4 aromatic rings. The van der Waals surface area contributed by atoms with Crippen molar-refractivity contribution >= 4 is 16.3 Å². The first kappa shape index (κ1) is 18.1. The van der Waals surface area contributed by atoms with Gasteiger partial charge in [0.15, 0.2) is 4.96 Å². The molecule has 148 valence electrons. The van der Waals surface area contributed by atoms with Gasteiger partial charge in [-0.05, 0) is 31.5 Å². The van der Waals surface area contributed by atoms with Crippen molar-refractivity contribution in [3.63, 3.8) is 0 Å². The van der Waals surface area contributed by atoms with Crippen molar-refractivity contribution in [1.82, 2.24) is 24.4 Å². The largest absolute Gasteiger partial charge is 0.339 e. The summed E-state index contributed by atoms with van der Waals surface area (Å²) in [6, 6.07) is 7.76. The molecule has 1 atom stereocenters. The average Bonchev–Trinajstić information content (AvgIpc) is 3.38. The van der Waals surface area contributed by atoms with E-state index in [0.717, 1.165) is 31.6 Å². The van der Waals surface area contributed by atoms with Crippen LogP contribution >= 0.6 is 11.3 Å². The third kappa shape index (κ3) is 3.70. The van der Waals surface area contributed by atoms with Crippen molar-refractivity contribution in [2.24, 2.45) is 0 Å². The van der Waals surface area contributed by atoms with E-state index in [0.29, 0.717) is 28.8 Å². The fraction of sp³-hybridized carbons (Fsp3) is 0.300. The van der Waals surface area contributed by atoms with E-state index in [1.165, 1.54) is 23.5 Å². The van der Waals surface area contributed by atoms with E-state index in [9.17, 15) is 9.18 Å². The Balaban J connectivity index is 1.32. The molecule has 5 rings (SSSR count). The lowest BCUT2D eigenvalue weighted by molar-refractivity contribution is 0.178. The Kier molecular flexibility index (Phi) is 4.69. The Morgan fingerprint density at radius 3 is 3.10 bits per heavy atom. The number of thiazole rings is 1. The number of rotatable bonds is 4. The molecular weight excluding hydrogens is 393 g/mol. The van der Waals surface area contributed by atoms with Gasteiger partial charge in [0.05, 0.1) is 11.6 Å². The number of nitrogens with zero attached hydrogens (tertiary/aromatic N) is 5. The lowest BCUT2D eigenvalue weighted by Crippen LogP contribution is -2.34. The van der Waals surface area contributed by atoms with Gasteiger partial charge in [-0.15, -0.1) is 11.3 Å². The monoisotopic (exact) mass is 411 g/mol. The van der Waals surface area contributed by atoms with Gasteiger partial charge < -0.3 is 4.52 Å². The number of hydrogen-bond acceptors (Lipinski definition) is 7. The SMILES string of the molecule is O=c1cc(CN2CCCC(c3nc(-c4cccc(F)c4)no3)C2)nc2sccn12. The zero-order chi connectivity index (χ0) is 19.8. The summed E-state index contributed by atoms with van der Waals surface area (Å²) in [7, 11) is 0. The normalized spacial score (nSPS) is 17.8. The summed E-state index contributed by atoms with van der Waals surface area (Å²) < 4.78 is 20.5. The molecule has 1 unspecified atom stereocenters. The Labute approximate surface area is 169 Å². The zero-order valence-electron chi connectivity index (χ0n) is 15.5. The van der Waals surface area contributed by atoms with E-state index >= 15 is 0 Å². The molecule has 1 aliphatic heterocycles. The van der Waals surface area contributed by atoms with Crippen LogP contribution in [0.25, 0.3) is 16.3 Å². The summed E-state index contributed by atoms with van der Waals surface area (Å²) in [5, 5.41) is 5.88. The van der Waals surface area contributed by atoms with Gasteiger partial charge in [-0.1, -0.05) is 17.3 Å². The average molecular weight is 411 g/mol. The minimum atomic E-state index is -0.330. The molecular formula is C20H18FN5O2S. The molecule has 1 aromatic carbocycles. The van der Waals surface area contributed by atoms with Gasteiger partial charge in [0.2, 0.25) is 11.7 Å². The van der Waals surface area contributed by atoms with Crippen LogP contribution in [0.4, 0.5) is 4.39 Å². The minimum Gasteiger partial charge on any atom is -0.339 e. The second-order valence-electron chi connectivity index (χ2n) is 7.18. The standard InChI is InChI=1S/C20H18FN5O2S/c21-15-5-1-3-13(9-15)18-23-19(28-24-18)14-4-2-6-25(11-14)12-16-10-17(27)26-7-8-29-20(26)22-16/h1,3,5,7-10,14H,2,4,6,11-12H2. The number of benzene rings is 1. The van der Waals surface area contributed by atoms with Crippen molar-refractivity contribution in [2.45, 2.75) is 25.3 Å². The highest BCUT2D eigenvalue weighted by Gasteiger charge is 2.26. The highest BCUT2D eigenvalue weighted by molar-refractivity contribution is 7.15. The molecule has 7 nitrogen and oxygen atoms in total. The first-order valence-corrected chi connectivity index (χ1v) is 10.3. The summed E-state index contributed by atoms with van der Waals surface area (Å²) in [4.78, 5) is 24.3. The molecule has 4 heterocycles. The zero-order valence-corrected chi connectivity index (χ0v) is 16.3. The van der Waals surface area contributed by atoms with Crippen molar-refractivity contribution in [3.8, 4) is 11.4 Å². The third-order valence-electron chi connectivity index (χ3n) is 5.12. The van der Waals surface area contributed by atoms with Crippen LogP contribution in [-0.4, -0.2) is 37.5 Å². The lowest BCUT2D eigenvalue weighted by Gasteiger charge is -2.30. The van der Waals surface area contributed by atoms with Crippen LogP contribution < -0.4 is 5.56 Å². The van der Waals surface area contributed by atoms with Crippen molar-refractivity contribution in [3.05, 3.63) is 69.7 Å². The Morgan fingerprint density at radius 1 is 1.28 bits per heavy atom. The van der Waals surface area contributed by atoms with Gasteiger partial charge in [-0.3, -0.25) is 14.1 Å². The summed E-state index contributed by atoms with van der Waals surface area (Å²) in [5.74, 6) is 0.735. The fourth-order valence-electron chi connectivity index (χ4n) is 3.74. The summed E-state index contributed by atoms with van der Waals surface area (Å²) in [6.45, 7) is 2.27. The van der Waals surface area contributed by atoms with Gasteiger partial charge in [0.1, 0.15) is 5.82 Å². The molecule has 0 aliphatic carbocycles. The maximum absolute atomic E-state index is 13.5. The van der Waals surface area contributed by atoms with Crippen LogP contribution in [0.2, 0.25) is 0 Å². The van der Waals surface area contributed by atoms with Gasteiger partial charge in [0, 0.05) is 36.3 Å². The molecule has 3 aromatic heterocycles. The molecule has 1 saturated heterocycles. The number of fused-ring (bicyclic) bond motifs is 1. The molecule has 0 saturated carbocycles. The smallest absolute Gasteiger partial charge is 0.258 e. The molecule has 0 amide bonds. The van der Waals surface area contributed by atoms with Crippen molar-refractivity contribution < 1.29 is 8.91 Å². The summed E-state index contributed by atoms with van der Waals surface area (Å²) in [5.41, 5.74) is 1.31. The second kappa shape index (κ2) is 7.49. The Hall–Kier alpha value is -2.91. The molecule has 0 spiro atoms. The maximum Gasteiger partial charge on any atom is 0.258 e. The van der Waals surface area contributed by atoms with E-state index in [2.05, 4.69) is 20.0 Å². The van der Waals surface area contributed by atoms with Crippen LogP contribution in [0.3, 0.4) is 0 Å². The molecule has 1 fully saturated rings. The van der Waals surface area contributed by atoms with E-state index in [4.69, 9.17) is 4.52 Å². The van der Waals surface area contributed by atoms with Gasteiger partial charge >= 0.3 is 0 Å². The quantitative estimate of drug-likeness (QED) is 0.513. The highest BCUT2D eigenvalue weighted by atomic mass is 32.1. The third-order valence-corrected chi connectivity index (χ3v) is 5.88. The number of aromatic nitrogens is 4. The van der Waals surface area contributed by atoms with Crippen LogP contribution in [0.15, 0.2) is 51.2 Å². The lowest BCUT2D eigenvalue weighted by atomic mass is 9.98. The molecule has 29 heavy (non-hydrogen) atoms.